The molecule has 0 unspecified atom stereocenters. The lowest BCUT2D eigenvalue weighted by Gasteiger charge is -2.31. The molecular formula is C15H25N5O2. The zero-order chi connectivity index (χ0) is 16.1. The van der Waals surface area contributed by atoms with Gasteiger partial charge in [-0.15, -0.1) is 0 Å². The Labute approximate surface area is 131 Å². The summed E-state index contributed by atoms with van der Waals surface area (Å²) in [7, 11) is 4.02. The van der Waals surface area contributed by atoms with Crippen LogP contribution in [-0.4, -0.2) is 65.1 Å². The van der Waals surface area contributed by atoms with E-state index in [2.05, 4.69) is 15.3 Å². The molecule has 2 amide bonds. The van der Waals surface area contributed by atoms with E-state index in [-0.39, 0.29) is 17.7 Å². The predicted octanol–water partition coefficient (Wildman–Crippen LogP) is 0.642. The van der Waals surface area contributed by atoms with Crippen molar-refractivity contribution in [3.05, 3.63) is 12.4 Å². The first-order chi connectivity index (χ1) is 10.5. The Morgan fingerprint density at radius 2 is 2.23 bits per heavy atom. The van der Waals surface area contributed by atoms with Crippen LogP contribution in [0.15, 0.2) is 12.4 Å². The summed E-state index contributed by atoms with van der Waals surface area (Å²) in [6.07, 6.45) is 5.20. The Bertz CT molecular complexity index is 526. The summed E-state index contributed by atoms with van der Waals surface area (Å²) in [6, 6.07) is 0. The maximum Gasteiger partial charge on any atom is 0.229 e. The molecule has 1 aliphatic rings. The molecule has 0 aromatic carbocycles. The molecule has 122 valence electrons. The van der Waals surface area contributed by atoms with Crippen LogP contribution < -0.4 is 5.32 Å². The monoisotopic (exact) mass is 307 g/mol. The summed E-state index contributed by atoms with van der Waals surface area (Å²) < 4.78 is 1.82. The molecule has 0 spiro atoms. The first kappa shape index (κ1) is 16.5. The van der Waals surface area contributed by atoms with Crippen molar-refractivity contribution in [2.24, 2.45) is 5.92 Å². The summed E-state index contributed by atoms with van der Waals surface area (Å²) in [4.78, 5) is 27.6. The molecule has 1 atom stereocenters. The van der Waals surface area contributed by atoms with Crippen LogP contribution in [-0.2, 0) is 16.1 Å². The lowest BCUT2D eigenvalue weighted by Crippen LogP contribution is -2.42. The number of nitrogens with zero attached hydrogens (tertiary/aromatic N) is 4. The molecule has 1 saturated heterocycles. The van der Waals surface area contributed by atoms with E-state index in [0.29, 0.717) is 12.2 Å². The molecule has 2 heterocycles. The number of nitrogens with one attached hydrogen (secondary N) is 1. The lowest BCUT2D eigenvalue weighted by molar-refractivity contribution is -0.132. The van der Waals surface area contributed by atoms with Gasteiger partial charge in [-0.2, -0.15) is 5.10 Å². The Balaban J connectivity index is 1.87. The minimum absolute atomic E-state index is 0.0295. The van der Waals surface area contributed by atoms with Crippen molar-refractivity contribution < 1.29 is 9.59 Å². The van der Waals surface area contributed by atoms with Gasteiger partial charge in [0, 0.05) is 32.8 Å². The summed E-state index contributed by atoms with van der Waals surface area (Å²) in [5, 5.41) is 7.15. The molecule has 22 heavy (non-hydrogen) atoms. The predicted molar refractivity (Wildman–Crippen MR) is 84.4 cm³/mol. The SMILES string of the molecule is CC(=O)N1CCC[C@@H](C(=O)Nc2cnn(CCN(C)C)c2)C1. The van der Waals surface area contributed by atoms with Crippen LogP contribution in [0.3, 0.4) is 0 Å². The van der Waals surface area contributed by atoms with Crippen LogP contribution in [0.25, 0.3) is 0 Å². The largest absolute Gasteiger partial charge is 0.342 e. The van der Waals surface area contributed by atoms with Crippen molar-refractivity contribution in [2.75, 3.05) is 39.0 Å². The molecule has 1 N–H and O–H groups in total. The van der Waals surface area contributed by atoms with Crippen molar-refractivity contribution in [1.29, 1.82) is 0 Å². The van der Waals surface area contributed by atoms with E-state index >= 15 is 0 Å². The average molecular weight is 307 g/mol. The van der Waals surface area contributed by atoms with Crippen molar-refractivity contribution >= 4 is 17.5 Å². The number of likely N-dealkylation sites (N-methyl/N-ethyl adjacent to an activating group) is 1. The van der Waals surface area contributed by atoms with Gasteiger partial charge in [-0.25, -0.2) is 0 Å². The van der Waals surface area contributed by atoms with Crippen LogP contribution in [0, 0.1) is 5.92 Å². The fourth-order valence-corrected chi connectivity index (χ4v) is 2.57. The number of likely N-dealkylation sites (tertiary alicyclic amines) is 1. The van der Waals surface area contributed by atoms with Crippen LogP contribution in [0.4, 0.5) is 5.69 Å². The molecule has 1 aromatic rings. The molecule has 1 aromatic heterocycles. The third-order valence-corrected chi connectivity index (χ3v) is 3.91. The number of carbonyl (C=O) groups is 2. The number of anilines is 1. The van der Waals surface area contributed by atoms with Crippen LogP contribution in [0.5, 0.6) is 0 Å². The molecule has 1 fully saturated rings. The Morgan fingerprint density at radius 3 is 2.91 bits per heavy atom. The van der Waals surface area contributed by atoms with Gasteiger partial charge in [0.25, 0.3) is 0 Å². The second kappa shape index (κ2) is 7.40. The van der Waals surface area contributed by atoms with E-state index < -0.39 is 0 Å². The summed E-state index contributed by atoms with van der Waals surface area (Å²) in [6.45, 7) is 4.49. The fourth-order valence-electron chi connectivity index (χ4n) is 2.57. The van der Waals surface area contributed by atoms with E-state index in [1.807, 2.05) is 25.0 Å². The highest BCUT2D eigenvalue weighted by molar-refractivity contribution is 5.92. The lowest BCUT2D eigenvalue weighted by atomic mass is 9.97. The van der Waals surface area contributed by atoms with E-state index in [9.17, 15) is 9.59 Å². The number of carbonyl (C=O) groups excluding carboxylic acids is 2. The average Bonchev–Trinajstić information content (AvgIpc) is 2.92. The first-order valence-electron chi connectivity index (χ1n) is 7.69. The van der Waals surface area contributed by atoms with Crippen LogP contribution in [0.1, 0.15) is 19.8 Å². The van der Waals surface area contributed by atoms with Crippen molar-refractivity contribution in [3.63, 3.8) is 0 Å². The number of rotatable bonds is 5. The van der Waals surface area contributed by atoms with Gasteiger partial charge in [0.2, 0.25) is 11.8 Å². The van der Waals surface area contributed by atoms with Crippen molar-refractivity contribution in [2.45, 2.75) is 26.3 Å². The van der Waals surface area contributed by atoms with E-state index in [4.69, 9.17) is 0 Å². The van der Waals surface area contributed by atoms with Gasteiger partial charge in [0.05, 0.1) is 24.3 Å². The summed E-state index contributed by atoms with van der Waals surface area (Å²) in [5.74, 6) is -0.130. The van der Waals surface area contributed by atoms with Gasteiger partial charge < -0.3 is 15.1 Å². The molecule has 0 saturated carbocycles. The second-order valence-corrected chi connectivity index (χ2v) is 6.09. The maximum absolute atomic E-state index is 12.3. The molecule has 1 aliphatic heterocycles. The Hall–Kier alpha value is -1.89. The standard InChI is InChI=1S/C15H25N5O2/c1-12(21)19-6-4-5-13(10-19)15(22)17-14-9-16-20(11-14)8-7-18(2)3/h9,11,13H,4-8,10H2,1-3H3,(H,17,22)/t13-/m1/s1. The topological polar surface area (TPSA) is 70.5 Å². The number of hydrogen-bond donors (Lipinski definition) is 1. The second-order valence-electron chi connectivity index (χ2n) is 6.09. The Morgan fingerprint density at radius 1 is 1.45 bits per heavy atom. The van der Waals surface area contributed by atoms with E-state index in [1.54, 1.807) is 18.0 Å². The highest BCUT2D eigenvalue weighted by Gasteiger charge is 2.27. The third kappa shape index (κ3) is 4.56. The van der Waals surface area contributed by atoms with Crippen LogP contribution >= 0.6 is 0 Å². The fraction of sp³-hybridized carbons (Fsp3) is 0.667. The van der Waals surface area contributed by atoms with Gasteiger partial charge in [0.1, 0.15) is 0 Å². The summed E-state index contributed by atoms with van der Waals surface area (Å²) >= 11 is 0. The highest BCUT2D eigenvalue weighted by Crippen LogP contribution is 2.18. The third-order valence-electron chi connectivity index (χ3n) is 3.91. The maximum atomic E-state index is 12.3. The quantitative estimate of drug-likeness (QED) is 0.867. The molecule has 7 nitrogen and oxygen atoms in total. The van der Waals surface area contributed by atoms with E-state index in [0.717, 1.165) is 32.5 Å². The number of aromatic nitrogens is 2. The van der Waals surface area contributed by atoms with Gasteiger partial charge >= 0.3 is 0 Å². The summed E-state index contributed by atoms with van der Waals surface area (Å²) in [5.41, 5.74) is 0.712. The van der Waals surface area contributed by atoms with Crippen molar-refractivity contribution in [3.8, 4) is 0 Å². The number of piperidine rings is 1. The zero-order valence-electron chi connectivity index (χ0n) is 13.6. The van der Waals surface area contributed by atoms with Crippen molar-refractivity contribution in [1.82, 2.24) is 19.6 Å². The molecule has 2 rings (SSSR count). The Kier molecular flexibility index (Phi) is 5.54. The number of hydrogen-bond acceptors (Lipinski definition) is 4. The normalized spacial score (nSPS) is 18.5. The highest BCUT2D eigenvalue weighted by atomic mass is 16.2. The minimum atomic E-state index is -0.136. The smallest absolute Gasteiger partial charge is 0.229 e. The van der Waals surface area contributed by atoms with E-state index in [1.165, 1.54) is 0 Å². The molecule has 0 bridgehead atoms. The molecule has 7 heteroatoms. The number of amides is 2. The van der Waals surface area contributed by atoms with Gasteiger partial charge in [-0.1, -0.05) is 0 Å². The zero-order valence-corrected chi connectivity index (χ0v) is 13.6. The minimum Gasteiger partial charge on any atom is -0.342 e. The van der Waals surface area contributed by atoms with Crippen LogP contribution in [0.2, 0.25) is 0 Å². The molecular weight excluding hydrogens is 282 g/mol. The van der Waals surface area contributed by atoms with Gasteiger partial charge in [-0.3, -0.25) is 14.3 Å². The van der Waals surface area contributed by atoms with Gasteiger partial charge in [0.15, 0.2) is 0 Å². The first-order valence-corrected chi connectivity index (χ1v) is 7.69. The van der Waals surface area contributed by atoms with Gasteiger partial charge in [-0.05, 0) is 26.9 Å². The molecule has 0 radical (unpaired) electrons. The molecule has 0 aliphatic carbocycles.